The van der Waals surface area contributed by atoms with Crippen LogP contribution >= 0.6 is 0 Å². The first kappa shape index (κ1) is 22.8. The molecule has 2 fully saturated rings. The summed E-state index contributed by atoms with van der Waals surface area (Å²) in [6.45, 7) is 2.37. The van der Waals surface area contributed by atoms with Gasteiger partial charge in [0.2, 0.25) is 0 Å². The number of amides is 4. The van der Waals surface area contributed by atoms with Gasteiger partial charge in [0.1, 0.15) is 11.8 Å². The SMILES string of the molecule is CCC1NC(=O)N([C@H]2CC[C@](CNC(=O)c3ccccc3OC)(c3ccccc3)CC2)C1=O. The number of para-hydroxylation sites is 1. The summed E-state index contributed by atoms with van der Waals surface area (Å²) in [5, 5.41) is 5.91. The number of imide groups is 1. The molecule has 1 unspecified atom stereocenters. The van der Waals surface area contributed by atoms with Gasteiger partial charge in [0, 0.05) is 18.0 Å². The number of ether oxygens (including phenoxy) is 1. The van der Waals surface area contributed by atoms with E-state index in [4.69, 9.17) is 4.74 Å². The highest BCUT2D eigenvalue weighted by atomic mass is 16.5. The van der Waals surface area contributed by atoms with Crippen molar-refractivity contribution in [2.45, 2.75) is 56.5 Å². The number of carbonyl (C=O) groups is 3. The molecule has 7 heteroatoms. The summed E-state index contributed by atoms with van der Waals surface area (Å²) in [6.07, 6.45) is 3.53. The van der Waals surface area contributed by atoms with Crippen LogP contribution in [0.15, 0.2) is 54.6 Å². The maximum atomic E-state index is 13.0. The van der Waals surface area contributed by atoms with Crippen molar-refractivity contribution in [3.8, 4) is 5.75 Å². The molecular formula is C26H31N3O4. The Kier molecular flexibility index (Phi) is 6.67. The number of urea groups is 1. The van der Waals surface area contributed by atoms with Crippen molar-refractivity contribution >= 4 is 17.8 Å². The van der Waals surface area contributed by atoms with Crippen LogP contribution < -0.4 is 15.4 Å². The average Bonchev–Trinajstić information content (AvgIpc) is 3.16. The molecule has 1 heterocycles. The van der Waals surface area contributed by atoms with Gasteiger partial charge in [0.05, 0.1) is 12.7 Å². The number of hydrogen-bond acceptors (Lipinski definition) is 4. The monoisotopic (exact) mass is 449 g/mol. The van der Waals surface area contributed by atoms with Crippen LogP contribution in [0.5, 0.6) is 5.75 Å². The van der Waals surface area contributed by atoms with Gasteiger partial charge >= 0.3 is 6.03 Å². The summed E-state index contributed by atoms with van der Waals surface area (Å²) in [7, 11) is 1.55. The van der Waals surface area contributed by atoms with Gasteiger partial charge in [-0.2, -0.15) is 0 Å². The molecule has 2 aromatic carbocycles. The van der Waals surface area contributed by atoms with Crippen molar-refractivity contribution in [3.63, 3.8) is 0 Å². The van der Waals surface area contributed by atoms with E-state index in [1.165, 1.54) is 4.90 Å². The Labute approximate surface area is 194 Å². The number of benzene rings is 2. The molecule has 2 aromatic rings. The topological polar surface area (TPSA) is 87.7 Å². The van der Waals surface area contributed by atoms with Crippen molar-refractivity contribution in [2.24, 2.45) is 0 Å². The maximum Gasteiger partial charge on any atom is 0.325 e. The molecule has 1 aliphatic heterocycles. The molecule has 2 N–H and O–H groups in total. The Bertz CT molecular complexity index is 1020. The first-order chi connectivity index (χ1) is 16.0. The Morgan fingerprint density at radius 2 is 1.76 bits per heavy atom. The van der Waals surface area contributed by atoms with Crippen LogP contribution in [0.1, 0.15) is 54.9 Å². The minimum atomic E-state index is -0.418. The Morgan fingerprint density at radius 1 is 1.09 bits per heavy atom. The van der Waals surface area contributed by atoms with Gasteiger partial charge < -0.3 is 15.4 Å². The lowest BCUT2D eigenvalue weighted by Crippen LogP contribution is -2.49. The molecule has 0 spiro atoms. The molecule has 4 rings (SSSR count). The zero-order valence-corrected chi connectivity index (χ0v) is 19.2. The lowest BCUT2D eigenvalue weighted by atomic mass is 9.68. The summed E-state index contributed by atoms with van der Waals surface area (Å²) < 4.78 is 5.34. The molecule has 33 heavy (non-hydrogen) atoms. The molecule has 1 atom stereocenters. The van der Waals surface area contributed by atoms with Gasteiger partial charge in [-0.15, -0.1) is 0 Å². The highest BCUT2D eigenvalue weighted by Gasteiger charge is 2.45. The summed E-state index contributed by atoms with van der Waals surface area (Å²) in [4.78, 5) is 39.5. The number of carbonyl (C=O) groups excluding carboxylic acids is 3. The normalized spacial score (nSPS) is 25.0. The zero-order valence-electron chi connectivity index (χ0n) is 19.2. The lowest BCUT2D eigenvalue weighted by Gasteiger charge is -2.42. The lowest BCUT2D eigenvalue weighted by molar-refractivity contribution is -0.129. The first-order valence-corrected chi connectivity index (χ1v) is 11.6. The van der Waals surface area contributed by atoms with E-state index in [1.807, 2.05) is 37.3 Å². The Morgan fingerprint density at radius 3 is 2.39 bits per heavy atom. The van der Waals surface area contributed by atoms with Crippen LogP contribution in [0.4, 0.5) is 4.79 Å². The van der Waals surface area contributed by atoms with E-state index >= 15 is 0 Å². The first-order valence-electron chi connectivity index (χ1n) is 11.6. The van der Waals surface area contributed by atoms with E-state index in [1.54, 1.807) is 19.2 Å². The predicted octanol–water partition coefficient (Wildman–Crippen LogP) is 3.64. The van der Waals surface area contributed by atoms with Crippen LogP contribution in [0, 0.1) is 0 Å². The second-order valence-electron chi connectivity index (χ2n) is 8.88. The number of methoxy groups -OCH3 is 1. The van der Waals surface area contributed by atoms with Gasteiger partial charge in [-0.3, -0.25) is 14.5 Å². The van der Waals surface area contributed by atoms with Crippen molar-refractivity contribution in [1.82, 2.24) is 15.5 Å². The largest absolute Gasteiger partial charge is 0.496 e. The van der Waals surface area contributed by atoms with Crippen LogP contribution in [0.3, 0.4) is 0 Å². The molecule has 7 nitrogen and oxygen atoms in total. The van der Waals surface area contributed by atoms with E-state index < -0.39 is 6.04 Å². The molecule has 0 radical (unpaired) electrons. The van der Waals surface area contributed by atoms with E-state index in [0.717, 1.165) is 18.4 Å². The predicted molar refractivity (Wildman–Crippen MR) is 125 cm³/mol. The van der Waals surface area contributed by atoms with Crippen molar-refractivity contribution in [2.75, 3.05) is 13.7 Å². The minimum absolute atomic E-state index is 0.115. The number of hydrogen-bond donors (Lipinski definition) is 2. The van der Waals surface area contributed by atoms with E-state index in [9.17, 15) is 14.4 Å². The summed E-state index contributed by atoms with van der Waals surface area (Å²) in [5.41, 5.74) is 1.40. The number of nitrogens with one attached hydrogen (secondary N) is 2. The van der Waals surface area contributed by atoms with Crippen LogP contribution in [-0.2, 0) is 10.2 Å². The Hall–Kier alpha value is -3.35. The molecule has 0 aromatic heterocycles. The molecule has 2 aliphatic rings. The van der Waals surface area contributed by atoms with Gasteiger partial charge in [-0.1, -0.05) is 49.4 Å². The third-order valence-corrected chi connectivity index (χ3v) is 7.06. The molecule has 1 aliphatic carbocycles. The zero-order chi connectivity index (χ0) is 23.4. The molecule has 0 bridgehead atoms. The second kappa shape index (κ2) is 9.65. The highest BCUT2D eigenvalue weighted by Crippen LogP contribution is 2.41. The molecule has 1 saturated carbocycles. The van der Waals surface area contributed by atoms with Crippen molar-refractivity contribution < 1.29 is 19.1 Å². The van der Waals surface area contributed by atoms with Crippen LogP contribution in [0.25, 0.3) is 0 Å². The fourth-order valence-electron chi connectivity index (χ4n) is 5.12. The van der Waals surface area contributed by atoms with Crippen molar-refractivity contribution in [3.05, 3.63) is 65.7 Å². The number of rotatable bonds is 7. The van der Waals surface area contributed by atoms with Crippen LogP contribution in [0.2, 0.25) is 0 Å². The fraction of sp³-hybridized carbons (Fsp3) is 0.423. The van der Waals surface area contributed by atoms with E-state index in [2.05, 4.69) is 22.8 Å². The van der Waals surface area contributed by atoms with E-state index in [0.29, 0.717) is 37.1 Å². The highest BCUT2D eigenvalue weighted by molar-refractivity contribution is 6.04. The summed E-state index contributed by atoms with van der Waals surface area (Å²) in [6, 6.07) is 16.5. The smallest absolute Gasteiger partial charge is 0.325 e. The molecular weight excluding hydrogens is 418 g/mol. The molecule has 174 valence electrons. The van der Waals surface area contributed by atoms with Gasteiger partial charge in [-0.25, -0.2) is 4.79 Å². The van der Waals surface area contributed by atoms with Gasteiger partial charge in [0.15, 0.2) is 0 Å². The maximum absolute atomic E-state index is 13.0. The number of nitrogens with zero attached hydrogens (tertiary/aromatic N) is 1. The van der Waals surface area contributed by atoms with Crippen LogP contribution in [-0.4, -0.2) is 48.5 Å². The van der Waals surface area contributed by atoms with E-state index in [-0.39, 0.29) is 29.3 Å². The molecule has 4 amide bonds. The van der Waals surface area contributed by atoms with Gasteiger partial charge in [-0.05, 0) is 49.8 Å². The third kappa shape index (κ3) is 4.45. The second-order valence-corrected chi connectivity index (χ2v) is 8.88. The molecule has 1 saturated heterocycles. The fourth-order valence-corrected chi connectivity index (χ4v) is 5.12. The van der Waals surface area contributed by atoms with Crippen molar-refractivity contribution in [1.29, 1.82) is 0 Å². The van der Waals surface area contributed by atoms with Gasteiger partial charge in [0.25, 0.3) is 11.8 Å². The Balaban J connectivity index is 1.51. The third-order valence-electron chi connectivity index (χ3n) is 7.06. The minimum Gasteiger partial charge on any atom is -0.496 e. The quantitative estimate of drug-likeness (QED) is 0.632. The summed E-state index contributed by atoms with van der Waals surface area (Å²) >= 11 is 0. The average molecular weight is 450 g/mol. The standard InChI is InChI=1S/C26H31N3O4/c1-3-21-24(31)29(25(32)28-21)19-13-15-26(16-14-19,18-9-5-4-6-10-18)17-27-23(30)20-11-7-8-12-22(20)33-2/h4-12,19,21H,3,13-17H2,1-2H3,(H,27,30)(H,28,32)/t19-,21?,26-. The summed E-state index contributed by atoms with van der Waals surface area (Å²) in [5.74, 6) is 0.241.